The molecule has 0 saturated heterocycles. The number of hydrogen-bond donors (Lipinski definition) is 1. The van der Waals surface area contributed by atoms with Crippen molar-refractivity contribution in [3.63, 3.8) is 0 Å². The molecule has 0 saturated carbocycles. The number of hydrogen-bond acceptors (Lipinski definition) is 6. The predicted octanol–water partition coefficient (Wildman–Crippen LogP) is 2.03. The van der Waals surface area contributed by atoms with E-state index in [0.717, 1.165) is 17.1 Å². The second kappa shape index (κ2) is 6.56. The van der Waals surface area contributed by atoms with Crippen LogP contribution in [-0.4, -0.2) is 46.1 Å². The molecule has 7 nitrogen and oxygen atoms in total. The highest BCUT2D eigenvalue weighted by Gasteiger charge is 2.13. The van der Waals surface area contributed by atoms with Crippen LogP contribution in [0.4, 0.5) is 5.82 Å². The van der Waals surface area contributed by atoms with E-state index in [1.165, 1.54) is 12.6 Å². The number of nitrogens with zero attached hydrogens (tertiary/aromatic N) is 4. The predicted molar refractivity (Wildman–Crippen MR) is 93.6 cm³/mol. The molecule has 0 spiro atoms. The molecule has 0 fully saturated rings. The first-order valence-electron chi connectivity index (χ1n) is 7.63. The number of sulfone groups is 1. The molecule has 0 radical (unpaired) electrons. The molecule has 8 heteroatoms. The topological polar surface area (TPSA) is 89.2 Å². The Labute approximate surface area is 140 Å². The van der Waals surface area contributed by atoms with Gasteiger partial charge in [-0.3, -0.25) is 0 Å². The van der Waals surface area contributed by atoms with Crippen molar-refractivity contribution in [1.29, 1.82) is 0 Å². The highest BCUT2D eigenvalue weighted by molar-refractivity contribution is 7.90. The van der Waals surface area contributed by atoms with E-state index < -0.39 is 9.84 Å². The average molecular weight is 345 g/mol. The summed E-state index contributed by atoms with van der Waals surface area (Å²) in [6.07, 6.45) is 3.21. The summed E-state index contributed by atoms with van der Waals surface area (Å²) in [5, 5.41) is 7.49. The van der Waals surface area contributed by atoms with Gasteiger partial charge in [0.2, 0.25) is 0 Å². The van der Waals surface area contributed by atoms with Gasteiger partial charge in [-0.15, -0.1) is 0 Å². The second-order valence-electron chi connectivity index (χ2n) is 5.83. The van der Waals surface area contributed by atoms with Crippen molar-refractivity contribution in [3.05, 3.63) is 42.7 Å². The molecule has 3 rings (SSSR count). The van der Waals surface area contributed by atoms with Crippen LogP contribution in [-0.2, 0) is 9.84 Å². The molecule has 126 valence electrons. The number of rotatable bonds is 6. The quantitative estimate of drug-likeness (QED) is 0.735. The monoisotopic (exact) mass is 345 g/mol. The maximum absolute atomic E-state index is 11.3. The lowest BCUT2D eigenvalue weighted by atomic mass is 10.1. The van der Waals surface area contributed by atoms with Crippen LogP contribution in [0.2, 0.25) is 0 Å². The van der Waals surface area contributed by atoms with Crippen LogP contribution in [0.25, 0.3) is 17.0 Å². The lowest BCUT2D eigenvalue weighted by Crippen LogP contribution is -2.21. The fraction of sp³-hybridized carbons (Fsp3) is 0.312. The third-order valence-corrected chi connectivity index (χ3v) is 4.61. The Kier molecular flexibility index (Phi) is 4.48. The van der Waals surface area contributed by atoms with Crippen LogP contribution in [0.3, 0.4) is 0 Å². The van der Waals surface area contributed by atoms with Gasteiger partial charge in [-0.2, -0.15) is 14.6 Å². The largest absolute Gasteiger partial charge is 0.367 e. The lowest BCUT2D eigenvalue weighted by Gasteiger charge is -2.16. The Bertz CT molecular complexity index is 938. The first-order valence-corrected chi connectivity index (χ1v) is 9.69. The van der Waals surface area contributed by atoms with E-state index >= 15 is 0 Å². The number of aromatic nitrogens is 4. The maximum Gasteiger partial charge on any atom is 0.254 e. The molecule has 2 aromatic heterocycles. The first kappa shape index (κ1) is 16.4. The highest BCUT2D eigenvalue weighted by atomic mass is 32.2. The van der Waals surface area contributed by atoms with Gasteiger partial charge in [-0.1, -0.05) is 30.3 Å². The van der Waals surface area contributed by atoms with Crippen LogP contribution in [0.1, 0.15) is 13.3 Å². The standard InChI is InChI=1S/C16H19N5O2S/c1-12(8-9-24(2,22)23)19-15-10-14(13-6-4-3-5-7-13)20-16-17-11-18-21(15)16/h3-7,10-12,19H,8-9H2,1-2H3. The Morgan fingerprint density at radius 1 is 1.25 bits per heavy atom. The van der Waals surface area contributed by atoms with Crippen LogP contribution >= 0.6 is 0 Å². The first-order chi connectivity index (χ1) is 11.4. The summed E-state index contributed by atoms with van der Waals surface area (Å²) < 4.78 is 24.3. The summed E-state index contributed by atoms with van der Waals surface area (Å²) in [5.41, 5.74) is 1.77. The molecule has 2 heterocycles. The second-order valence-corrected chi connectivity index (χ2v) is 8.09. The van der Waals surface area contributed by atoms with Crippen molar-refractivity contribution in [1.82, 2.24) is 19.6 Å². The molecule has 1 unspecified atom stereocenters. The molecule has 3 aromatic rings. The minimum atomic E-state index is -2.98. The SMILES string of the molecule is CC(CCS(C)(=O)=O)Nc1cc(-c2ccccc2)nc2ncnn12. The fourth-order valence-corrected chi connectivity index (χ4v) is 3.17. The maximum atomic E-state index is 11.3. The Hall–Kier alpha value is -2.48. The molecule has 0 amide bonds. The third kappa shape index (κ3) is 3.88. The molecule has 0 aliphatic heterocycles. The van der Waals surface area contributed by atoms with Gasteiger partial charge in [0.15, 0.2) is 0 Å². The third-order valence-electron chi connectivity index (χ3n) is 3.64. The smallest absolute Gasteiger partial charge is 0.254 e. The van der Waals surface area contributed by atoms with Gasteiger partial charge < -0.3 is 5.32 Å². The molecule has 1 aromatic carbocycles. The van der Waals surface area contributed by atoms with Gasteiger partial charge in [0.25, 0.3) is 5.78 Å². The Balaban J connectivity index is 1.90. The average Bonchev–Trinajstić information content (AvgIpc) is 3.02. The van der Waals surface area contributed by atoms with E-state index in [1.54, 1.807) is 4.52 Å². The number of anilines is 1. The van der Waals surface area contributed by atoms with Crippen LogP contribution in [0.15, 0.2) is 42.7 Å². The van der Waals surface area contributed by atoms with Crippen LogP contribution in [0.5, 0.6) is 0 Å². The molecule has 24 heavy (non-hydrogen) atoms. The van der Waals surface area contributed by atoms with Crippen molar-refractivity contribution in [2.75, 3.05) is 17.3 Å². The van der Waals surface area contributed by atoms with E-state index in [1.807, 2.05) is 43.3 Å². The molecular weight excluding hydrogens is 326 g/mol. The zero-order valence-corrected chi connectivity index (χ0v) is 14.4. The van der Waals surface area contributed by atoms with Gasteiger partial charge in [0, 0.05) is 23.9 Å². The summed E-state index contributed by atoms with van der Waals surface area (Å²) in [7, 11) is -2.98. The molecule has 0 bridgehead atoms. The van der Waals surface area contributed by atoms with Crippen molar-refractivity contribution in [3.8, 4) is 11.3 Å². The zero-order chi connectivity index (χ0) is 17.2. The van der Waals surface area contributed by atoms with Gasteiger partial charge in [0.1, 0.15) is 22.0 Å². The van der Waals surface area contributed by atoms with E-state index in [4.69, 9.17) is 0 Å². The van der Waals surface area contributed by atoms with Gasteiger partial charge in [-0.25, -0.2) is 13.4 Å². The van der Waals surface area contributed by atoms with E-state index in [2.05, 4.69) is 20.4 Å². The van der Waals surface area contributed by atoms with Crippen LogP contribution < -0.4 is 5.32 Å². The summed E-state index contributed by atoms with van der Waals surface area (Å²) in [4.78, 5) is 8.68. The van der Waals surface area contributed by atoms with Crippen LogP contribution in [0, 0.1) is 0 Å². The summed E-state index contributed by atoms with van der Waals surface area (Å²) >= 11 is 0. The Morgan fingerprint density at radius 3 is 2.71 bits per heavy atom. The molecular formula is C16H19N5O2S. The number of nitrogens with one attached hydrogen (secondary N) is 1. The van der Waals surface area contributed by atoms with Crippen molar-refractivity contribution >= 4 is 21.4 Å². The number of fused-ring (bicyclic) bond motifs is 1. The molecule has 0 aliphatic carbocycles. The lowest BCUT2D eigenvalue weighted by molar-refractivity contribution is 0.595. The summed E-state index contributed by atoms with van der Waals surface area (Å²) in [5.74, 6) is 1.37. The normalized spacial score (nSPS) is 13.1. The van der Waals surface area contributed by atoms with Crippen molar-refractivity contribution < 1.29 is 8.42 Å². The fourth-order valence-electron chi connectivity index (χ4n) is 2.39. The molecule has 1 N–H and O–H groups in total. The van der Waals surface area contributed by atoms with Crippen molar-refractivity contribution in [2.24, 2.45) is 0 Å². The van der Waals surface area contributed by atoms with E-state index in [0.29, 0.717) is 12.2 Å². The number of benzene rings is 1. The molecule has 1 atom stereocenters. The van der Waals surface area contributed by atoms with Gasteiger partial charge in [-0.05, 0) is 13.3 Å². The summed E-state index contributed by atoms with van der Waals surface area (Å²) in [6, 6.07) is 11.7. The minimum Gasteiger partial charge on any atom is -0.367 e. The molecule has 0 aliphatic rings. The van der Waals surface area contributed by atoms with E-state index in [9.17, 15) is 8.42 Å². The Morgan fingerprint density at radius 2 is 2.00 bits per heavy atom. The van der Waals surface area contributed by atoms with Crippen molar-refractivity contribution in [2.45, 2.75) is 19.4 Å². The zero-order valence-electron chi connectivity index (χ0n) is 13.5. The highest BCUT2D eigenvalue weighted by Crippen LogP contribution is 2.21. The minimum absolute atomic E-state index is 0.0295. The van der Waals surface area contributed by atoms with Gasteiger partial charge in [0.05, 0.1) is 11.4 Å². The van der Waals surface area contributed by atoms with Gasteiger partial charge >= 0.3 is 0 Å². The summed E-state index contributed by atoms with van der Waals surface area (Å²) in [6.45, 7) is 1.94. The van der Waals surface area contributed by atoms with E-state index in [-0.39, 0.29) is 11.8 Å².